The van der Waals surface area contributed by atoms with E-state index >= 15 is 0 Å². The number of carbonyl (C=O) groups is 1. The van der Waals surface area contributed by atoms with Crippen molar-refractivity contribution in [3.63, 3.8) is 0 Å². The van der Waals surface area contributed by atoms with Crippen LogP contribution in [-0.2, 0) is 60.8 Å². The number of nitrogens with zero attached hydrogens (tertiary/aromatic N) is 2. The molecule has 2 atom stereocenters. The van der Waals surface area contributed by atoms with Crippen molar-refractivity contribution in [2.24, 2.45) is 0 Å². The molecule has 2 heterocycles. The molecule has 2 aromatic rings. The second kappa shape index (κ2) is 17.1. The molecule has 20 heteroatoms. The molecule has 2 aliphatic rings. The SMILES string of the molecule is COC(=O)CCCC[C@]1(C)/C(=C/C=C/C=C/C2N(CCCS(=O)(=O)O)c3ccc(S(=O)(=O)O)cc3C2(C)C)N(CCCS(=O)(=O)O)c2ccc(S(=O)(=O)O)cc21. The van der Waals surface area contributed by atoms with Crippen molar-refractivity contribution in [1.82, 2.24) is 0 Å². The third kappa shape index (κ3) is 10.9. The van der Waals surface area contributed by atoms with Gasteiger partial charge in [-0.1, -0.05) is 44.6 Å². The topological polar surface area (TPSA) is 250 Å². The quantitative estimate of drug-likeness (QED) is 0.0686. The van der Waals surface area contributed by atoms with Gasteiger partial charge in [0.25, 0.3) is 40.5 Å². The maximum atomic E-state index is 12.2. The van der Waals surface area contributed by atoms with Gasteiger partial charge in [-0.25, -0.2) is 0 Å². The van der Waals surface area contributed by atoms with Gasteiger partial charge < -0.3 is 14.5 Å². The highest BCUT2D eigenvalue weighted by molar-refractivity contribution is 7.86. The maximum Gasteiger partial charge on any atom is 0.305 e. The number of rotatable bonds is 18. The molecule has 2 aromatic carbocycles. The van der Waals surface area contributed by atoms with E-state index in [9.17, 15) is 56.7 Å². The number of carbonyl (C=O) groups excluding carboxylic acids is 1. The van der Waals surface area contributed by atoms with Gasteiger partial charge in [-0.05, 0) is 86.2 Å². The Hall–Kier alpha value is -3.63. The first-order valence-electron chi connectivity index (χ1n) is 17.6. The van der Waals surface area contributed by atoms with Crippen molar-refractivity contribution in [3.05, 3.63) is 83.6 Å². The Bertz CT molecular complexity index is 2350. The molecule has 56 heavy (non-hydrogen) atoms. The summed E-state index contributed by atoms with van der Waals surface area (Å²) in [5, 5.41) is 0. The minimum absolute atomic E-state index is 0.0156. The molecule has 0 aromatic heterocycles. The maximum absolute atomic E-state index is 12.2. The van der Waals surface area contributed by atoms with Crippen LogP contribution in [0.2, 0.25) is 0 Å². The summed E-state index contributed by atoms with van der Waals surface area (Å²) < 4.78 is 138. The summed E-state index contributed by atoms with van der Waals surface area (Å²) in [6, 6.07) is 7.86. The van der Waals surface area contributed by atoms with Gasteiger partial charge >= 0.3 is 5.97 Å². The highest BCUT2D eigenvalue weighted by Crippen LogP contribution is 2.52. The minimum Gasteiger partial charge on any atom is -0.469 e. The number of ether oxygens (including phenoxy) is 1. The van der Waals surface area contributed by atoms with E-state index in [1.807, 2.05) is 36.6 Å². The van der Waals surface area contributed by atoms with Crippen molar-refractivity contribution in [3.8, 4) is 0 Å². The lowest BCUT2D eigenvalue weighted by Gasteiger charge is -2.32. The summed E-state index contributed by atoms with van der Waals surface area (Å²) in [5.74, 6) is -1.42. The zero-order valence-corrected chi connectivity index (χ0v) is 34.7. The van der Waals surface area contributed by atoms with Crippen LogP contribution in [0.15, 0.2) is 82.3 Å². The summed E-state index contributed by atoms with van der Waals surface area (Å²) in [6.07, 6.45) is 10.4. The Labute approximate surface area is 328 Å². The molecule has 0 saturated carbocycles. The number of methoxy groups -OCH3 is 1. The molecule has 310 valence electrons. The number of benzene rings is 2. The average molecular weight is 861 g/mol. The van der Waals surface area contributed by atoms with Crippen molar-refractivity contribution in [2.75, 3.05) is 41.5 Å². The fraction of sp³-hybridized carbons (Fsp3) is 0.472. The molecule has 0 radical (unpaired) electrons. The van der Waals surface area contributed by atoms with Gasteiger partial charge in [0.05, 0.1) is 34.4 Å². The number of allylic oxidation sites excluding steroid dienone is 5. The Morgan fingerprint density at radius 2 is 1.29 bits per heavy atom. The smallest absolute Gasteiger partial charge is 0.305 e. The van der Waals surface area contributed by atoms with Crippen LogP contribution in [-0.4, -0.2) is 95.6 Å². The Morgan fingerprint density at radius 1 is 0.732 bits per heavy atom. The second-order valence-electron chi connectivity index (χ2n) is 14.5. The van der Waals surface area contributed by atoms with E-state index < -0.39 is 74.8 Å². The lowest BCUT2D eigenvalue weighted by molar-refractivity contribution is -0.140. The summed E-state index contributed by atoms with van der Waals surface area (Å²) in [5.41, 5.74) is 1.32. The van der Waals surface area contributed by atoms with E-state index in [1.54, 1.807) is 24.3 Å². The van der Waals surface area contributed by atoms with Crippen LogP contribution in [0.1, 0.15) is 70.4 Å². The number of unbranched alkanes of at least 4 members (excludes halogenated alkanes) is 1. The summed E-state index contributed by atoms with van der Waals surface area (Å²) >= 11 is 0. The minimum atomic E-state index is -4.60. The van der Waals surface area contributed by atoms with Crippen LogP contribution in [0, 0.1) is 0 Å². The molecule has 4 rings (SSSR count). The zero-order chi connectivity index (χ0) is 41.9. The van der Waals surface area contributed by atoms with E-state index in [-0.39, 0.29) is 42.1 Å². The predicted octanol–water partition coefficient (Wildman–Crippen LogP) is 4.71. The first-order chi connectivity index (χ1) is 25.8. The van der Waals surface area contributed by atoms with Gasteiger partial charge in [-0.3, -0.25) is 23.0 Å². The molecule has 0 aliphatic carbocycles. The molecule has 0 spiro atoms. The summed E-state index contributed by atoms with van der Waals surface area (Å²) in [7, 11) is -16.4. The fourth-order valence-electron chi connectivity index (χ4n) is 7.49. The van der Waals surface area contributed by atoms with Crippen LogP contribution in [0.25, 0.3) is 0 Å². The Kier molecular flexibility index (Phi) is 13.7. The normalized spacial score (nSPS) is 20.6. The van der Waals surface area contributed by atoms with E-state index in [0.717, 1.165) is 0 Å². The third-order valence-electron chi connectivity index (χ3n) is 10.2. The van der Waals surface area contributed by atoms with Crippen LogP contribution in [0.5, 0.6) is 0 Å². The average Bonchev–Trinajstić information content (AvgIpc) is 3.43. The monoisotopic (exact) mass is 860 g/mol. The summed E-state index contributed by atoms with van der Waals surface area (Å²) in [4.78, 5) is 14.9. The third-order valence-corrected chi connectivity index (χ3v) is 13.6. The molecule has 0 saturated heterocycles. The molecule has 0 fully saturated rings. The lowest BCUT2D eigenvalue weighted by Crippen LogP contribution is -2.40. The number of esters is 1. The van der Waals surface area contributed by atoms with Gasteiger partial charge in [-0.2, -0.15) is 33.7 Å². The largest absolute Gasteiger partial charge is 0.469 e. The van der Waals surface area contributed by atoms with Crippen molar-refractivity contribution >= 4 is 57.8 Å². The van der Waals surface area contributed by atoms with Crippen LogP contribution in [0.3, 0.4) is 0 Å². The second-order valence-corrected chi connectivity index (χ2v) is 20.5. The first-order valence-corrected chi connectivity index (χ1v) is 23.7. The standard InChI is InChI=1S/C36H48N2O14S4/c1-35(2)28-24-26(55(46,47)48)15-17-30(28)37(20-10-22-53(40,41)42)32(35)12-6-5-7-13-33-36(3,19-9-8-14-34(39)52-4)29-25-27(56(49,50)51)16-18-31(29)38(33)21-11-23-54(43,44)45/h5-7,12-13,15-18,24-25,32H,8-11,14,19-23H2,1-4H3,(H,40,41,42)(H,43,44,45)(H,46,47,48)(H,49,50,51)/b7-5+,12-6+,33-13-/t32?,36-/m0/s1. The zero-order valence-electron chi connectivity index (χ0n) is 31.4. The van der Waals surface area contributed by atoms with E-state index in [4.69, 9.17) is 4.74 Å². The number of anilines is 2. The molecule has 16 nitrogen and oxygen atoms in total. The highest BCUT2D eigenvalue weighted by atomic mass is 32.2. The van der Waals surface area contributed by atoms with Crippen LogP contribution < -0.4 is 9.80 Å². The lowest BCUT2D eigenvalue weighted by atomic mass is 9.77. The van der Waals surface area contributed by atoms with Crippen molar-refractivity contribution < 1.29 is 61.4 Å². The molecule has 4 N–H and O–H groups in total. The van der Waals surface area contributed by atoms with Crippen LogP contribution in [0.4, 0.5) is 11.4 Å². The Morgan fingerprint density at radius 3 is 1.84 bits per heavy atom. The highest BCUT2D eigenvalue weighted by Gasteiger charge is 2.45. The molecule has 0 amide bonds. The number of fused-ring (bicyclic) bond motifs is 2. The van der Waals surface area contributed by atoms with Crippen LogP contribution >= 0.6 is 0 Å². The van der Waals surface area contributed by atoms with Gasteiger partial charge in [0.1, 0.15) is 0 Å². The molecular weight excluding hydrogens is 813 g/mol. The Balaban J connectivity index is 1.75. The molecule has 0 bridgehead atoms. The van der Waals surface area contributed by atoms with Crippen molar-refractivity contribution in [2.45, 2.75) is 86.0 Å². The van der Waals surface area contributed by atoms with E-state index in [0.29, 0.717) is 47.5 Å². The van der Waals surface area contributed by atoms with E-state index in [2.05, 4.69) is 0 Å². The van der Waals surface area contributed by atoms with Gasteiger partial charge in [0.2, 0.25) is 0 Å². The molecular formula is C36H48N2O14S4. The first kappa shape index (κ1) is 45.1. The van der Waals surface area contributed by atoms with E-state index in [1.165, 1.54) is 43.5 Å². The van der Waals surface area contributed by atoms with Crippen molar-refractivity contribution in [1.29, 1.82) is 0 Å². The molecule has 1 unspecified atom stereocenters. The van der Waals surface area contributed by atoms with Gasteiger partial charge in [0.15, 0.2) is 0 Å². The molecule has 2 aliphatic heterocycles. The summed E-state index contributed by atoms with van der Waals surface area (Å²) in [6.45, 7) is 5.91. The van der Waals surface area contributed by atoms with Gasteiger partial charge in [-0.15, -0.1) is 0 Å². The number of hydrogen-bond acceptors (Lipinski definition) is 12. The van der Waals surface area contributed by atoms with Gasteiger partial charge in [0, 0.05) is 47.4 Å². The predicted molar refractivity (Wildman–Crippen MR) is 210 cm³/mol. The number of hydrogen-bond donors (Lipinski definition) is 4. The fourth-order valence-corrected chi connectivity index (χ4v) is 9.49.